The second-order valence-corrected chi connectivity index (χ2v) is 10.7. The Morgan fingerprint density at radius 2 is 1.64 bits per heavy atom. The molecule has 4 rings (SSSR count). The van der Waals surface area contributed by atoms with Gasteiger partial charge in [0.1, 0.15) is 12.4 Å². The highest BCUT2D eigenvalue weighted by Gasteiger charge is 2.35. The second kappa shape index (κ2) is 12.8. The van der Waals surface area contributed by atoms with Crippen molar-refractivity contribution in [1.82, 2.24) is 9.80 Å². The molecule has 2 amide bonds. The van der Waals surface area contributed by atoms with Crippen molar-refractivity contribution in [2.75, 3.05) is 6.54 Å². The van der Waals surface area contributed by atoms with Crippen LogP contribution in [0.5, 0.6) is 0 Å². The molecule has 4 nitrogen and oxygen atoms in total. The standard InChI is InChI=1S/C30H35FN2O2S/c1-2-3-4-5-7-23-9-13-25(14-10-23)30(35)33(27-17-18-27)22-29(34)32(21-28-8-6-19-36-28)20-24-11-15-26(31)16-12-24/h6,8-16,19,27H,2-5,7,17-18,20-22H2,1H3. The zero-order valence-corrected chi connectivity index (χ0v) is 21.8. The number of halogens is 1. The fourth-order valence-electron chi connectivity index (χ4n) is 4.37. The first-order valence-electron chi connectivity index (χ1n) is 13.0. The zero-order chi connectivity index (χ0) is 25.3. The van der Waals surface area contributed by atoms with Gasteiger partial charge < -0.3 is 9.80 Å². The molecule has 3 aromatic rings. The van der Waals surface area contributed by atoms with Gasteiger partial charge in [-0.3, -0.25) is 9.59 Å². The van der Waals surface area contributed by atoms with Crippen LogP contribution in [-0.2, 0) is 24.3 Å². The molecule has 190 valence electrons. The van der Waals surface area contributed by atoms with Crippen LogP contribution < -0.4 is 0 Å². The van der Waals surface area contributed by atoms with Gasteiger partial charge in [-0.05, 0) is 72.5 Å². The summed E-state index contributed by atoms with van der Waals surface area (Å²) in [5.41, 5.74) is 2.74. The summed E-state index contributed by atoms with van der Waals surface area (Å²) in [4.78, 5) is 31.5. The molecule has 0 radical (unpaired) electrons. The third-order valence-corrected chi connectivity index (χ3v) is 7.50. The van der Waals surface area contributed by atoms with Gasteiger partial charge in [0.2, 0.25) is 5.91 Å². The first kappa shape index (κ1) is 26.1. The number of hydrogen-bond donors (Lipinski definition) is 0. The zero-order valence-electron chi connectivity index (χ0n) is 21.0. The molecule has 1 saturated carbocycles. The molecule has 0 N–H and O–H groups in total. The first-order valence-corrected chi connectivity index (χ1v) is 13.9. The molecule has 36 heavy (non-hydrogen) atoms. The largest absolute Gasteiger partial charge is 0.332 e. The number of hydrogen-bond acceptors (Lipinski definition) is 3. The number of rotatable bonds is 13. The minimum Gasteiger partial charge on any atom is -0.332 e. The molecule has 6 heteroatoms. The van der Waals surface area contributed by atoms with Crippen LogP contribution in [0.25, 0.3) is 0 Å². The van der Waals surface area contributed by atoms with Crippen LogP contribution in [0.4, 0.5) is 4.39 Å². The van der Waals surface area contributed by atoms with Gasteiger partial charge in [-0.15, -0.1) is 11.3 Å². The van der Waals surface area contributed by atoms with Crippen LogP contribution in [0, 0.1) is 5.82 Å². The average molecular weight is 507 g/mol. The molecule has 1 heterocycles. The van der Waals surface area contributed by atoms with Gasteiger partial charge in [-0.2, -0.15) is 0 Å². The average Bonchev–Trinajstić information content (AvgIpc) is 3.61. The number of carbonyl (C=O) groups is 2. The molecule has 2 aromatic carbocycles. The first-order chi connectivity index (χ1) is 17.5. The Labute approximate surface area is 217 Å². The third kappa shape index (κ3) is 7.50. The maximum absolute atomic E-state index is 13.5. The molecule has 0 saturated heterocycles. The number of aryl methyl sites for hydroxylation is 1. The van der Waals surface area contributed by atoms with Crippen molar-refractivity contribution in [1.29, 1.82) is 0 Å². The van der Waals surface area contributed by atoms with E-state index in [4.69, 9.17) is 0 Å². The minimum absolute atomic E-state index is 0.0504. The molecule has 1 fully saturated rings. The molecule has 1 aromatic heterocycles. The van der Waals surface area contributed by atoms with Crippen molar-refractivity contribution in [3.8, 4) is 0 Å². The van der Waals surface area contributed by atoms with Crippen LogP contribution in [0.15, 0.2) is 66.0 Å². The van der Waals surface area contributed by atoms with E-state index in [-0.39, 0.29) is 30.2 Å². The van der Waals surface area contributed by atoms with E-state index < -0.39 is 0 Å². The summed E-state index contributed by atoms with van der Waals surface area (Å²) in [5, 5.41) is 1.99. The maximum Gasteiger partial charge on any atom is 0.254 e. The molecule has 1 aliphatic rings. The number of amides is 2. The van der Waals surface area contributed by atoms with E-state index in [0.29, 0.717) is 18.7 Å². The van der Waals surface area contributed by atoms with Gasteiger partial charge in [-0.1, -0.05) is 56.5 Å². The smallest absolute Gasteiger partial charge is 0.254 e. The van der Waals surface area contributed by atoms with Crippen molar-refractivity contribution in [2.45, 2.75) is 71.0 Å². The summed E-state index contributed by atoms with van der Waals surface area (Å²) < 4.78 is 13.4. The van der Waals surface area contributed by atoms with Crippen LogP contribution in [0.1, 0.15) is 71.8 Å². The number of nitrogens with zero attached hydrogens (tertiary/aromatic N) is 2. The quantitative estimate of drug-likeness (QED) is 0.238. The van der Waals surface area contributed by atoms with Crippen LogP contribution >= 0.6 is 11.3 Å². The minimum atomic E-state index is -0.299. The molecule has 0 bridgehead atoms. The van der Waals surface area contributed by atoms with Crippen molar-refractivity contribution >= 4 is 23.2 Å². The van der Waals surface area contributed by atoms with E-state index >= 15 is 0 Å². The van der Waals surface area contributed by atoms with Gasteiger partial charge >= 0.3 is 0 Å². The predicted molar refractivity (Wildman–Crippen MR) is 143 cm³/mol. The van der Waals surface area contributed by atoms with Gasteiger partial charge in [0.25, 0.3) is 5.91 Å². The van der Waals surface area contributed by atoms with Crippen molar-refractivity contribution in [3.63, 3.8) is 0 Å². The van der Waals surface area contributed by atoms with Crippen molar-refractivity contribution in [3.05, 3.63) is 93.4 Å². The Balaban J connectivity index is 1.43. The second-order valence-electron chi connectivity index (χ2n) is 9.63. The fourth-order valence-corrected chi connectivity index (χ4v) is 5.09. The highest BCUT2D eigenvalue weighted by molar-refractivity contribution is 7.09. The van der Waals surface area contributed by atoms with Crippen molar-refractivity contribution < 1.29 is 14.0 Å². The SMILES string of the molecule is CCCCCCc1ccc(C(=O)N(CC(=O)N(Cc2ccc(F)cc2)Cc2cccs2)C2CC2)cc1. The van der Waals surface area contributed by atoms with E-state index in [9.17, 15) is 14.0 Å². The highest BCUT2D eigenvalue weighted by atomic mass is 32.1. The van der Waals surface area contributed by atoms with E-state index in [0.717, 1.165) is 36.1 Å². The highest BCUT2D eigenvalue weighted by Crippen LogP contribution is 2.29. The monoisotopic (exact) mass is 506 g/mol. The Morgan fingerprint density at radius 3 is 2.28 bits per heavy atom. The van der Waals surface area contributed by atoms with E-state index in [1.807, 2.05) is 41.8 Å². The summed E-state index contributed by atoms with van der Waals surface area (Å²) in [6.07, 6.45) is 7.76. The van der Waals surface area contributed by atoms with E-state index in [1.54, 1.807) is 33.3 Å². The Kier molecular flexibility index (Phi) is 9.29. The maximum atomic E-state index is 13.5. The Hall–Kier alpha value is -2.99. The number of carbonyl (C=O) groups excluding carboxylic acids is 2. The normalized spacial score (nSPS) is 12.9. The van der Waals surface area contributed by atoms with Gasteiger partial charge in [0.05, 0.1) is 6.54 Å². The summed E-state index contributed by atoms with van der Waals surface area (Å²) >= 11 is 1.60. The lowest BCUT2D eigenvalue weighted by Crippen LogP contribution is -2.43. The van der Waals surface area contributed by atoms with Gasteiger partial charge in [0.15, 0.2) is 0 Å². The fraction of sp³-hybridized carbons (Fsp3) is 0.400. The molecule has 0 aliphatic heterocycles. The number of benzene rings is 2. The lowest BCUT2D eigenvalue weighted by Gasteiger charge is -2.28. The lowest BCUT2D eigenvalue weighted by molar-refractivity contribution is -0.133. The van der Waals surface area contributed by atoms with Gasteiger partial charge in [0, 0.05) is 23.0 Å². The summed E-state index contributed by atoms with van der Waals surface area (Å²) in [5.74, 6) is -0.478. The van der Waals surface area contributed by atoms with Crippen LogP contribution in [-0.4, -0.2) is 34.2 Å². The molecular formula is C30H35FN2O2S. The van der Waals surface area contributed by atoms with E-state index in [1.165, 1.54) is 37.0 Å². The number of thiophene rings is 1. The predicted octanol–water partition coefficient (Wildman–Crippen LogP) is 6.84. The lowest BCUT2D eigenvalue weighted by atomic mass is 10.0. The molecule has 0 spiro atoms. The third-order valence-electron chi connectivity index (χ3n) is 6.64. The molecule has 1 aliphatic carbocycles. The summed E-state index contributed by atoms with van der Waals surface area (Å²) in [6, 6.07) is 18.2. The van der Waals surface area contributed by atoms with Crippen LogP contribution in [0.3, 0.4) is 0 Å². The van der Waals surface area contributed by atoms with Crippen molar-refractivity contribution in [2.24, 2.45) is 0 Å². The van der Waals surface area contributed by atoms with Crippen LogP contribution in [0.2, 0.25) is 0 Å². The molecule has 0 unspecified atom stereocenters. The molecule has 0 atom stereocenters. The van der Waals surface area contributed by atoms with Gasteiger partial charge in [-0.25, -0.2) is 4.39 Å². The summed E-state index contributed by atoms with van der Waals surface area (Å²) in [6.45, 7) is 3.10. The Morgan fingerprint density at radius 1 is 0.917 bits per heavy atom. The summed E-state index contributed by atoms with van der Waals surface area (Å²) in [7, 11) is 0. The molecular weight excluding hydrogens is 471 g/mol. The van der Waals surface area contributed by atoms with E-state index in [2.05, 4.69) is 6.92 Å². The number of unbranched alkanes of at least 4 members (excludes halogenated alkanes) is 3. The topological polar surface area (TPSA) is 40.6 Å². The Bertz CT molecular complexity index is 1110.